The van der Waals surface area contributed by atoms with Gasteiger partial charge in [0.05, 0.1) is 6.61 Å². The van der Waals surface area contributed by atoms with E-state index in [-0.39, 0.29) is 19.4 Å². The van der Waals surface area contributed by atoms with Crippen molar-refractivity contribution in [1.29, 1.82) is 0 Å². The fourth-order valence-electron chi connectivity index (χ4n) is 5.51. The predicted octanol–water partition coefficient (Wildman–Crippen LogP) is 14.0. The van der Waals surface area contributed by atoms with E-state index in [2.05, 4.69) is 122 Å². The molecule has 0 radical (unpaired) electrons. The van der Waals surface area contributed by atoms with Crippen molar-refractivity contribution < 1.29 is 37.9 Å². The van der Waals surface area contributed by atoms with Gasteiger partial charge >= 0.3 is 19.8 Å². The molecule has 0 aliphatic heterocycles. The second kappa shape index (κ2) is 43.3. The van der Waals surface area contributed by atoms with Gasteiger partial charge in [0.1, 0.15) is 6.61 Å². The number of esters is 2. The second-order valence-electron chi connectivity index (χ2n) is 14.3. The van der Waals surface area contributed by atoms with Crippen LogP contribution < -0.4 is 0 Å². The van der Waals surface area contributed by atoms with E-state index < -0.39 is 32.5 Å². The first kappa shape index (κ1) is 54.7. The molecule has 0 aromatic rings. The average Bonchev–Trinajstić information content (AvgIpc) is 3.20. The molecule has 1 atom stereocenters. The number of carbonyl (C=O) groups is 2. The second-order valence-corrected chi connectivity index (χ2v) is 15.5. The SMILES string of the molecule is CC/C=C/C/C=C/C/C=C/C/C=C/C/C=C/CCCCCC(=O)O[C@H](COC(=O)CCC/C=C/C/C=C/C/C=C/C/C=C/CCCCCCCCC)COP(=O)(O)O. The first-order chi connectivity index (χ1) is 28.3. The number of carbonyl (C=O) groups excluding carboxylic acids is 2. The van der Waals surface area contributed by atoms with Crippen LogP contribution in [0.4, 0.5) is 0 Å². The van der Waals surface area contributed by atoms with Crippen LogP contribution in [0.2, 0.25) is 0 Å². The zero-order chi connectivity index (χ0) is 42.5. The largest absolute Gasteiger partial charge is 0.469 e. The van der Waals surface area contributed by atoms with E-state index in [0.29, 0.717) is 12.8 Å². The Morgan fingerprint density at radius 2 is 0.845 bits per heavy atom. The third kappa shape index (κ3) is 45.4. The predicted molar refractivity (Wildman–Crippen MR) is 243 cm³/mol. The van der Waals surface area contributed by atoms with Crippen LogP contribution >= 0.6 is 7.82 Å². The number of rotatable bonds is 39. The highest BCUT2D eigenvalue weighted by atomic mass is 31.2. The van der Waals surface area contributed by atoms with Crippen molar-refractivity contribution in [3.05, 3.63) is 109 Å². The van der Waals surface area contributed by atoms with Crippen LogP contribution in [0.5, 0.6) is 0 Å². The molecule has 8 nitrogen and oxygen atoms in total. The first-order valence-electron chi connectivity index (χ1n) is 22.2. The van der Waals surface area contributed by atoms with Gasteiger partial charge < -0.3 is 19.3 Å². The molecule has 0 aromatic heterocycles. The van der Waals surface area contributed by atoms with Crippen molar-refractivity contribution in [3.63, 3.8) is 0 Å². The maximum Gasteiger partial charge on any atom is 0.469 e. The minimum atomic E-state index is -4.79. The maximum absolute atomic E-state index is 12.4. The van der Waals surface area contributed by atoms with E-state index in [1.807, 2.05) is 6.08 Å². The molecule has 328 valence electrons. The summed E-state index contributed by atoms with van der Waals surface area (Å²) in [6.45, 7) is 3.49. The Hall–Kier alpha value is -3.29. The molecular weight excluding hydrogens is 748 g/mol. The molecule has 0 fully saturated rings. The number of ether oxygens (including phenoxy) is 2. The molecule has 0 amide bonds. The van der Waals surface area contributed by atoms with Crippen molar-refractivity contribution >= 4 is 19.8 Å². The van der Waals surface area contributed by atoms with Crippen LogP contribution in [-0.4, -0.2) is 41.0 Å². The van der Waals surface area contributed by atoms with Gasteiger partial charge in [0, 0.05) is 12.8 Å². The number of allylic oxidation sites excluding steroid dienone is 18. The first-order valence-corrected chi connectivity index (χ1v) is 23.7. The molecule has 0 aliphatic carbocycles. The van der Waals surface area contributed by atoms with Crippen molar-refractivity contribution in [2.75, 3.05) is 13.2 Å². The van der Waals surface area contributed by atoms with E-state index in [1.54, 1.807) is 0 Å². The Morgan fingerprint density at radius 3 is 1.29 bits per heavy atom. The minimum Gasteiger partial charge on any atom is -0.462 e. The smallest absolute Gasteiger partial charge is 0.462 e. The number of hydrogen-bond donors (Lipinski definition) is 2. The highest BCUT2D eigenvalue weighted by molar-refractivity contribution is 7.46. The summed E-state index contributed by atoms with van der Waals surface area (Å²) in [6.07, 6.45) is 61.0. The average molecular weight is 827 g/mol. The zero-order valence-electron chi connectivity index (χ0n) is 36.1. The summed E-state index contributed by atoms with van der Waals surface area (Å²) in [6, 6.07) is 0. The number of hydrogen-bond acceptors (Lipinski definition) is 6. The third-order valence-electron chi connectivity index (χ3n) is 8.78. The molecule has 0 heterocycles. The number of phosphoric ester groups is 1. The molecule has 0 aromatic carbocycles. The quantitative estimate of drug-likeness (QED) is 0.0272. The lowest BCUT2D eigenvalue weighted by Gasteiger charge is -2.18. The van der Waals surface area contributed by atoms with E-state index >= 15 is 0 Å². The third-order valence-corrected chi connectivity index (χ3v) is 9.26. The maximum atomic E-state index is 12.4. The van der Waals surface area contributed by atoms with Crippen LogP contribution in [0.25, 0.3) is 0 Å². The summed E-state index contributed by atoms with van der Waals surface area (Å²) >= 11 is 0. The van der Waals surface area contributed by atoms with E-state index in [1.165, 1.54) is 51.4 Å². The Bertz CT molecular complexity index is 1300. The van der Waals surface area contributed by atoms with Gasteiger partial charge in [0.2, 0.25) is 0 Å². The van der Waals surface area contributed by atoms with Crippen LogP contribution in [0, 0.1) is 0 Å². The van der Waals surface area contributed by atoms with E-state index in [4.69, 9.17) is 19.3 Å². The molecule has 0 saturated heterocycles. The highest BCUT2D eigenvalue weighted by Crippen LogP contribution is 2.36. The normalized spacial score (nSPS) is 13.5. The number of unbranched alkanes of at least 4 members (excludes halogenated alkanes) is 11. The fourth-order valence-corrected chi connectivity index (χ4v) is 5.87. The van der Waals surface area contributed by atoms with Gasteiger partial charge in [0.15, 0.2) is 6.10 Å². The molecule has 0 spiro atoms. The van der Waals surface area contributed by atoms with Crippen LogP contribution in [0.15, 0.2) is 109 Å². The van der Waals surface area contributed by atoms with E-state index in [9.17, 15) is 14.2 Å². The van der Waals surface area contributed by atoms with Crippen molar-refractivity contribution in [3.8, 4) is 0 Å². The van der Waals surface area contributed by atoms with E-state index in [0.717, 1.165) is 77.0 Å². The molecule has 0 rings (SSSR count). The molecule has 2 N–H and O–H groups in total. The Balaban J connectivity index is 4.09. The summed E-state index contributed by atoms with van der Waals surface area (Å²) in [7, 11) is -4.79. The molecule has 0 bridgehead atoms. The zero-order valence-corrected chi connectivity index (χ0v) is 37.0. The lowest BCUT2D eigenvalue weighted by Crippen LogP contribution is -2.29. The summed E-state index contributed by atoms with van der Waals surface area (Å²) < 4.78 is 26.3. The Morgan fingerprint density at radius 1 is 0.466 bits per heavy atom. The van der Waals surface area contributed by atoms with Crippen molar-refractivity contribution in [1.82, 2.24) is 0 Å². The number of phosphoric acid groups is 1. The van der Waals surface area contributed by atoms with Crippen molar-refractivity contribution in [2.24, 2.45) is 0 Å². The van der Waals surface area contributed by atoms with Gasteiger partial charge in [-0.1, -0.05) is 168 Å². The van der Waals surface area contributed by atoms with Crippen molar-refractivity contribution in [2.45, 2.75) is 174 Å². The van der Waals surface area contributed by atoms with Crippen LogP contribution in [0.3, 0.4) is 0 Å². The molecule has 58 heavy (non-hydrogen) atoms. The summed E-state index contributed by atoms with van der Waals surface area (Å²) in [5, 5.41) is 0. The topological polar surface area (TPSA) is 119 Å². The molecular formula is C49H79O8P. The molecule has 0 saturated carbocycles. The molecule has 0 aliphatic rings. The summed E-state index contributed by atoms with van der Waals surface area (Å²) in [5.41, 5.74) is 0. The summed E-state index contributed by atoms with van der Waals surface area (Å²) in [4.78, 5) is 42.9. The van der Waals surface area contributed by atoms with Gasteiger partial charge in [-0.3, -0.25) is 14.1 Å². The van der Waals surface area contributed by atoms with Crippen LogP contribution in [-0.2, 0) is 28.2 Å². The standard InChI is InChI=1S/C49H79O8P/c1-3-5-7-9-11-13-15-17-19-21-23-24-26-27-29-31-33-35-37-39-41-43-48(50)55-45-47(46-56-58(52,53)54)57-49(51)44-42-40-38-36-34-32-30-28-25-22-20-18-16-14-12-10-8-6-4-2/h6,8,12,14,18-21,24-26,28-29,31-32,34-35,37,47H,3-5,7,9-11,13,15-17,22-23,27,30,33,36,38-46H2,1-2H3,(H2,52,53,54)/b8-6+,14-12+,20-18+,21-19+,26-24+,28-25+,31-29+,34-32+,37-35+/t47-/m1/s1. The Kier molecular flexibility index (Phi) is 40.8. The molecule has 0 unspecified atom stereocenters. The monoisotopic (exact) mass is 827 g/mol. The highest BCUT2D eigenvalue weighted by Gasteiger charge is 2.22. The fraction of sp³-hybridized carbons (Fsp3) is 0.592. The van der Waals surface area contributed by atoms with Gasteiger partial charge in [0.25, 0.3) is 0 Å². The van der Waals surface area contributed by atoms with Gasteiger partial charge in [-0.05, 0) is 96.3 Å². The molecule has 9 heteroatoms. The lowest BCUT2D eigenvalue weighted by atomic mass is 10.1. The minimum absolute atomic E-state index is 0.154. The van der Waals surface area contributed by atoms with Gasteiger partial charge in [-0.15, -0.1) is 0 Å². The lowest BCUT2D eigenvalue weighted by molar-refractivity contribution is -0.161. The van der Waals surface area contributed by atoms with Gasteiger partial charge in [-0.25, -0.2) is 4.57 Å². The van der Waals surface area contributed by atoms with Gasteiger partial charge in [-0.2, -0.15) is 0 Å². The van der Waals surface area contributed by atoms with Crippen LogP contribution in [0.1, 0.15) is 168 Å². The summed E-state index contributed by atoms with van der Waals surface area (Å²) in [5.74, 6) is -0.998. The Labute approximate surface area is 353 Å².